The average Bonchev–Trinajstić information content (AvgIpc) is 2.26. The summed E-state index contributed by atoms with van der Waals surface area (Å²) < 4.78 is 26.6. The number of nitrogens with zero attached hydrogens (tertiary/aromatic N) is 2. The molecule has 0 saturated carbocycles. The van der Waals surface area contributed by atoms with Gasteiger partial charge in [0.2, 0.25) is 0 Å². The molecule has 0 saturated heterocycles. The lowest BCUT2D eigenvalue weighted by atomic mass is 10.0. The largest absolute Gasteiger partial charge is 0.325 e. The molecule has 0 aliphatic carbocycles. The van der Waals surface area contributed by atoms with Crippen molar-refractivity contribution < 1.29 is 8.78 Å². The molecule has 2 aromatic rings. The molecule has 2 rings (SSSR count). The first-order valence-corrected chi connectivity index (χ1v) is 5.91. The summed E-state index contributed by atoms with van der Waals surface area (Å²) in [5.41, 5.74) is 6.13. The molecule has 0 aliphatic rings. The van der Waals surface area contributed by atoms with Crippen LogP contribution >= 0.6 is 0 Å². The van der Waals surface area contributed by atoms with Crippen LogP contribution in [-0.4, -0.2) is 15.5 Å². The maximum Gasteiger partial charge on any atom is 0.135 e. The molecule has 2 N–H and O–H groups in total. The quantitative estimate of drug-likeness (QED) is 0.926. The third-order valence-electron chi connectivity index (χ3n) is 2.53. The Morgan fingerprint density at radius 1 is 1.21 bits per heavy atom. The van der Waals surface area contributed by atoms with Crippen LogP contribution in [0.1, 0.15) is 19.7 Å². The van der Waals surface area contributed by atoms with E-state index in [2.05, 4.69) is 9.97 Å². The molecule has 0 aliphatic heterocycles. The summed E-state index contributed by atoms with van der Waals surface area (Å²) in [6.07, 6.45) is 2.02. The minimum Gasteiger partial charge on any atom is -0.325 e. The summed E-state index contributed by atoms with van der Waals surface area (Å²) in [4.78, 5) is 8.38. The number of rotatable bonds is 3. The second-order valence-electron chi connectivity index (χ2n) is 5.15. The second-order valence-corrected chi connectivity index (χ2v) is 5.15. The molecule has 100 valence electrons. The first-order chi connectivity index (χ1) is 8.85. The van der Waals surface area contributed by atoms with Gasteiger partial charge in [-0.2, -0.15) is 0 Å². The lowest BCUT2D eigenvalue weighted by Crippen LogP contribution is -2.35. The summed E-state index contributed by atoms with van der Waals surface area (Å²) in [5.74, 6) is -0.719. The Morgan fingerprint density at radius 2 is 1.95 bits per heavy atom. The van der Waals surface area contributed by atoms with E-state index in [9.17, 15) is 8.78 Å². The highest BCUT2D eigenvalue weighted by Gasteiger charge is 2.15. The Kier molecular flexibility index (Phi) is 3.57. The molecule has 5 heteroatoms. The van der Waals surface area contributed by atoms with Crippen molar-refractivity contribution >= 4 is 0 Å². The van der Waals surface area contributed by atoms with Gasteiger partial charge in [0.1, 0.15) is 17.5 Å². The van der Waals surface area contributed by atoms with E-state index in [0.717, 1.165) is 6.07 Å². The van der Waals surface area contributed by atoms with E-state index in [1.807, 2.05) is 13.8 Å². The van der Waals surface area contributed by atoms with Crippen molar-refractivity contribution in [2.75, 3.05) is 0 Å². The third kappa shape index (κ3) is 3.54. The van der Waals surface area contributed by atoms with E-state index >= 15 is 0 Å². The van der Waals surface area contributed by atoms with E-state index in [-0.39, 0.29) is 5.56 Å². The van der Waals surface area contributed by atoms with Crippen molar-refractivity contribution in [2.24, 2.45) is 5.73 Å². The number of hydrogen-bond donors (Lipinski definition) is 1. The SMILES string of the molecule is CC(C)(N)Cc1nccc(-c2ccc(F)cc2F)n1. The Labute approximate surface area is 110 Å². The molecule has 0 atom stereocenters. The van der Waals surface area contributed by atoms with Gasteiger partial charge in [0, 0.05) is 29.8 Å². The van der Waals surface area contributed by atoms with Gasteiger partial charge in [-0.3, -0.25) is 0 Å². The standard InChI is InChI=1S/C14H15F2N3/c1-14(2,17)8-13-18-6-5-12(19-13)10-4-3-9(15)7-11(10)16/h3-7H,8,17H2,1-2H3. The molecule has 0 unspecified atom stereocenters. The van der Waals surface area contributed by atoms with Gasteiger partial charge in [-0.15, -0.1) is 0 Å². The predicted molar refractivity (Wildman–Crippen MR) is 69.4 cm³/mol. The van der Waals surface area contributed by atoms with E-state index < -0.39 is 17.2 Å². The van der Waals surface area contributed by atoms with Crippen LogP contribution < -0.4 is 5.73 Å². The minimum absolute atomic E-state index is 0.250. The molecule has 3 nitrogen and oxygen atoms in total. The fourth-order valence-electron chi connectivity index (χ4n) is 1.74. The Balaban J connectivity index is 2.38. The minimum atomic E-state index is -0.642. The molecule has 1 aromatic carbocycles. The number of halogens is 2. The van der Waals surface area contributed by atoms with Gasteiger partial charge in [0.05, 0.1) is 5.69 Å². The zero-order valence-corrected chi connectivity index (χ0v) is 10.8. The molecular weight excluding hydrogens is 248 g/mol. The molecule has 0 spiro atoms. The summed E-state index contributed by atoms with van der Waals surface area (Å²) >= 11 is 0. The molecule has 0 fully saturated rings. The van der Waals surface area contributed by atoms with E-state index in [4.69, 9.17) is 5.73 Å². The zero-order chi connectivity index (χ0) is 14.0. The molecule has 0 radical (unpaired) electrons. The van der Waals surface area contributed by atoms with Crippen molar-refractivity contribution in [3.05, 3.63) is 47.9 Å². The third-order valence-corrected chi connectivity index (χ3v) is 2.53. The van der Waals surface area contributed by atoms with E-state index in [0.29, 0.717) is 17.9 Å². The van der Waals surface area contributed by atoms with Crippen LogP contribution in [0.4, 0.5) is 8.78 Å². The predicted octanol–water partition coefficient (Wildman–Crippen LogP) is 2.70. The van der Waals surface area contributed by atoms with E-state index in [1.165, 1.54) is 12.1 Å². The number of aromatic nitrogens is 2. The van der Waals surface area contributed by atoms with Gasteiger partial charge in [-0.05, 0) is 32.0 Å². The topological polar surface area (TPSA) is 51.8 Å². The van der Waals surface area contributed by atoms with E-state index in [1.54, 1.807) is 12.3 Å². The summed E-state index contributed by atoms with van der Waals surface area (Å²) in [5, 5.41) is 0. The molecule has 1 aromatic heterocycles. The van der Waals surface area contributed by atoms with Crippen molar-refractivity contribution in [2.45, 2.75) is 25.8 Å². The lowest BCUT2D eigenvalue weighted by Gasteiger charge is -2.17. The Bertz CT molecular complexity index is 591. The summed E-state index contributed by atoms with van der Waals surface area (Å²) in [6.45, 7) is 3.73. The Morgan fingerprint density at radius 3 is 2.58 bits per heavy atom. The van der Waals surface area contributed by atoms with Crippen molar-refractivity contribution in [1.29, 1.82) is 0 Å². The van der Waals surface area contributed by atoms with Crippen molar-refractivity contribution in [1.82, 2.24) is 9.97 Å². The summed E-state index contributed by atoms with van der Waals surface area (Å²) in [7, 11) is 0. The van der Waals surface area contributed by atoms with Gasteiger partial charge in [-0.25, -0.2) is 18.7 Å². The van der Waals surface area contributed by atoms with Gasteiger partial charge in [-0.1, -0.05) is 0 Å². The summed E-state index contributed by atoms with van der Waals surface area (Å²) in [6, 6.07) is 4.99. The van der Waals surface area contributed by atoms with Gasteiger partial charge in [0.15, 0.2) is 0 Å². The van der Waals surface area contributed by atoms with Crippen LogP contribution in [0, 0.1) is 11.6 Å². The first kappa shape index (κ1) is 13.5. The monoisotopic (exact) mass is 263 g/mol. The van der Waals surface area contributed by atoms with Gasteiger partial charge < -0.3 is 5.73 Å². The lowest BCUT2D eigenvalue weighted by molar-refractivity contribution is 0.502. The first-order valence-electron chi connectivity index (χ1n) is 5.91. The maximum absolute atomic E-state index is 13.7. The van der Waals surface area contributed by atoms with Crippen molar-refractivity contribution in [3.63, 3.8) is 0 Å². The maximum atomic E-state index is 13.7. The number of hydrogen-bond acceptors (Lipinski definition) is 3. The smallest absolute Gasteiger partial charge is 0.135 e. The van der Waals surface area contributed by atoms with Crippen LogP contribution in [0.2, 0.25) is 0 Å². The molecular formula is C14H15F2N3. The van der Waals surface area contributed by atoms with Crippen LogP contribution in [-0.2, 0) is 6.42 Å². The van der Waals surface area contributed by atoms with Crippen LogP contribution in [0.5, 0.6) is 0 Å². The fourth-order valence-corrected chi connectivity index (χ4v) is 1.74. The van der Waals surface area contributed by atoms with Crippen LogP contribution in [0.25, 0.3) is 11.3 Å². The number of benzene rings is 1. The molecule has 0 amide bonds. The highest BCUT2D eigenvalue weighted by atomic mass is 19.1. The Hall–Kier alpha value is -1.88. The highest BCUT2D eigenvalue weighted by Crippen LogP contribution is 2.21. The molecule has 19 heavy (non-hydrogen) atoms. The normalized spacial score (nSPS) is 11.6. The molecule has 0 bridgehead atoms. The van der Waals surface area contributed by atoms with Crippen LogP contribution in [0.15, 0.2) is 30.5 Å². The van der Waals surface area contributed by atoms with Gasteiger partial charge >= 0.3 is 0 Å². The fraction of sp³-hybridized carbons (Fsp3) is 0.286. The zero-order valence-electron chi connectivity index (χ0n) is 10.8. The van der Waals surface area contributed by atoms with Gasteiger partial charge in [0.25, 0.3) is 0 Å². The number of nitrogens with two attached hydrogens (primary N) is 1. The molecule has 1 heterocycles. The second kappa shape index (κ2) is 5.01. The van der Waals surface area contributed by atoms with Crippen molar-refractivity contribution in [3.8, 4) is 11.3 Å². The highest BCUT2D eigenvalue weighted by molar-refractivity contribution is 5.59. The average molecular weight is 263 g/mol. The van der Waals surface area contributed by atoms with Crippen LogP contribution in [0.3, 0.4) is 0 Å².